The summed E-state index contributed by atoms with van der Waals surface area (Å²) in [4.78, 5) is 17.6. The first-order valence-electron chi connectivity index (χ1n) is 7.13. The molecule has 0 radical (unpaired) electrons. The highest BCUT2D eigenvalue weighted by Crippen LogP contribution is 2.27. The quantitative estimate of drug-likeness (QED) is 0.761. The molecule has 1 saturated heterocycles. The summed E-state index contributed by atoms with van der Waals surface area (Å²) in [5.74, 6) is -0.250. The number of nitrogens with one attached hydrogen (secondary N) is 1. The van der Waals surface area contributed by atoms with Crippen LogP contribution in [-0.4, -0.2) is 54.5 Å². The number of piperidine rings is 1. The van der Waals surface area contributed by atoms with E-state index in [0.717, 1.165) is 0 Å². The zero-order chi connectivity index (χ0) is 16.5. The average molecular weight is 366 g/mol. The van der Waals surface area contributed by atoms with Gasteiger partial charge in [0.25, 0.3) is 10.0 Å². The van der Waals surface area contributed by atoms with Crippen molar-refractivity contribution in [3.05, 3.63) is 12.5 Å². The van der Waals surface area contributed by atoms with Crippen molar-refractivity contribution in [2.45, 2.75) is 31.3 Å². The van der Waals surface area contributed by atoms with Crippen molar-refractivity contribution in [2.24, 2.45) is 18.2 Å². The number of rotatable bonds is 4. The second kappa shape index (κ2) is 7.16. The normalized spacial score (nSPS) is 20.9. The molecule has 2 heterocycles. The van der Waals surface area contributed by atoms with Crippen LogP contribution < -0.4 is 10.5 Å². The zero-order valence-electron chi connectivity index (χ0n) is 13.5. The molecule has 0 bridgehead atoms. The minimum atomic E-state index is -3.77. The number of nitrogens with zero attached hydrogens (tertiary/aromatic N) is 3. The van der Waals surface area contributed by atoms with Crippen LogP contribution in [-0.2, 0) is 21.9 Å². The molecule has 132 valence electrons. The van der Waals surface area contributed by atoms with Crippen LogP contribution in [0.5, 0.6) is 0 Å². The number of sulfonamides is 1. The SMILES string of the molecule is Cl.Cn1cnc(S(=O)(=O)NCC(=O)N2CCC(N)C(C)(C)C2)c1. The summed E-state index contributed by atoms with van der Waals surface area (Å²) in [6, 6.07) is 0.0433. The third kappa shape index (κ3) is 4.66. The Hall–Kier alpha value is -1.16. The first kappa shape index (κ1) is 19.9. The average Bonchev–Trinajstić information content (AvgIpc) is 2.86. The number of hydrogen-bond donors (Lipinski definition) is 2. The topological polar surface area (TPSA) is 110 Å². The van der Waals surface area contributed by atoms with Crippen molar-refractivity contribution in [3.63, 3.8) is 0 Å². The van der Waals surface area contributed by atoms with E-state index in [2.05, 4.69) is 9.71 Å². The van der Waals surface area contributed by atoms with E-state index in [9.17, 15) is 13.2 Å². The lowest BCUT2D eigenvalue weighted by Gasteiger charge is -2.42. The van der Waals surface area contributed by atoms with Gasteiger partial charge in [-0.05, 0) is 11.8 Å². The number of aryl methyl sites for hydroxylation is 1. The predicted octanol–water partition coefficient (Wildman–Crippen LogP) is -0.294. The molecule has 1 unspecified atom stereocenters. The Morgan fingerprint density at radius 3 is 2.70 bits per heavy atom. The molecule has 23 heavy (non-hydrogen) atoms. The van der Waals surface area contributed by atoms with Gasteiger partial charge < -0.3 is 15.2 Å². The largest absolute Gasteiger partial charge is 0.341 e. The first-order chi connectivity index (χ1) is 10.1. The minimum absolute atomic E-state index is 0. The van der Waals surface area contributed by atoms with Crippen LogP contribution in [0.1, 0.15) is 20.3 Å². The molecule has 1 aliphatic rings. The van der Waals surface area contributed by atoms with Gasteiger partial charge in [-0.2, -0.15) is 0 Å². The second-order valence-corrected chi connectivity index (χ2v) is 8.11. The smallest absolute Gasteiger partial charge is 0.260 e. The van der Waals surface area contributed by atoms with Crippen LogP contribution in [0.4, 0.5) is 0 Å². The highest BCUT2D eigenvalue weighted by atomic mass is 35.5. The maximum atomic E-state index is 12.2. The number of halogens is 1. The maximum Gasteiger partial charge on any atom is 0.260 e. The maximum absolute atomic E-state index is 12.2. The van der Waals surface area contributed by atoms with Gasteiger partial charge in [-0.15, -0.1) is 12.4 Å². The van der Waals surface area contributed by atoms with Gasteiger partial charge in [0.2, 0.25) is 5.91 Å². The standard InChI is InChI=1S/C13H23N5O3S.ClH/c1-13(2)8-18(5-4-10(13)14)12(19)6-16-22(20,21)11-7-17(3)9-15-11;/h7,9-10,16H,4-6,8,14H2,1-3H3;1H. The molecule has 0 spiro atoms. The van der Waals surface area contributed by atoms with E-state index >= 15 is 0 Å². The molecule has 1 atom stereocenters. The lowest BCUT2D eigenvalue weighted by atomic mass is 9.80. The molecule has 1 aromatic heterocycles. The van der Waals surface area contributed by atoms with Gasteiger partial charge in [-0.3, -0.25) is 4.79 Å². The van der Waals surface area contributed by atoms with Crippen molar-refractivity contribution < 1.29 is 13.2 Å². The molecule has 1 amide bonds. The van der Waals surface area contributed by atoms with E-state index < -0.39 is 10.0 Å². The van der Waals surface area contributed by atoms with Gasteiger partial charge in [0.1, 0.15) is 0 Å². The van der Waals surface area contributed by atoms with Crippen molar-refractivity contribution in [1.82, 2.24) is 19.2 Å². The fraction of sp³-hybridized carbons (Fsp3) is 0.692. The van der Waals surface area contributed by atoms with Gasteiger partial charge in [0.05, 0.1) is 12.9 Å². The lowest BCUT2D eigenvalue weighted by Crippen LogP contribution is -2.55. The number of nitrogens with two attached hydrogens (primary N) is 1. The highest BCUT2D eigenvalue weighted by Gasteiger charge is 2.35. The van der Waals surface area contributed by atoms with Crippen LogP contribution in [0.25, 0.3) is 0 Å². The second-order valence-electron chi connectivity index (χ2n) is 6.40. The molecular weight excluding hydrogens is 342 g/mol. The monoisotopic (exact) mass is 365 g/mol. The van der Waals surface area contributed by atoms with Crippen molar-refractivity contribution in [1.29, 1.82) is 0 Å². The molecule has 1 aromatic rings. The zero-order valence-corrected chi connectivity index (χ0v) is 15.2. The number of hydrogen-bond acceptors (Lipinski definition) is 5. The first-order valence-corrected chi connectivity index (χ1v) is 8.61. The Balaban J connectivity index is 0.00000264. The Bertz CT molecular complexity index is 658. The Labute approximate surface area is 142 Å². The number of carbonyl (C=O) groups is 1. The van der Waals surface area contributed by atoms with Crippen molar-refractivity contribution >= 4 is 28.3 Å². The molecule has 10 heteroatoms. The van der Waals surface area contributed by atoms with Gasteiger partial charge >= 0.3 is 0 Å². The molecule has 0 aliphatic carbocycles. The summed E-state index contributed by atoms with van der Waals surface area (Å²) < 4.78 is 27.9. The Kier molecular flexibility index (Phi) is 6.19. The molecule has 0 aromatic carbocycles. The molecule has 1 aliphatic heterocycles. The summed E-state index contributed by atoms with van der Waals surface area (Å²) in [5, 5.41) is -0.0937. The van der Waals surface area contributed by atoms with E-state index in [1.807, 2.05) is 13.8 Å². The van der Waals surface area contributed by atoms with E-state index in [1.54, 1.807) is 11.9 Å². The van der Waals surface area contributed by atoms with Gasteiger partial charge in [0.15, 0.2) is 5.03 Å². The van der Waals surface area contributed by atoms with E-state index in [1.165, 1.54) is 17.1 Å². The van der Waals surface area contributed by atoms with Crippen LogP contribution in [0.2, 0.25) is 0 Å². The Morgan fingerprint density at radius 2 is 2.17 bits per heavy atom. The number of aromatic nitrogens is 2. The van der Waals surface area contributed by atoms with Crippen LogP contribution >= 0.6 is 12.4 Å². The summed E-state index contributed by atoms with van der Waals surface area (Å²) in [6.45, 7) is 4.82. The molecule has 2 rings (SSSR count). The van der Waals surface area contributed by atoms with Crippen LogP contribution in [0.3, 0.4) is 0 Å². The predicted molar refractivity (Wildman–Crippen MR) is 88.6 cm³/mol. The summed E-state index contributed by atoms with van der Waals surface area (Å²) in [7, 11) is -2.09. The van der Waals surface area contributed by atoms with E-state index in [0.29, 0.717) is 19.5 Å². The lowest BCUT2D eigenvalue weighted by molar-refractivity contribution is -0.133. The van der Waals surface area contributed by atoms with Gasteiger partial charge in [0, 0.05) is 32.4 Å². The van der Waals surface area contributed by atoms with Crippen molar-refractivity contribution in [2.75, 3.05) is 19.6 Å². The van der Waals surface area contributed by atoms with Crippen LogP contribution in [0.15, 0.2) is 17.6 Å². The summed E-state index contributed by atoms with van der Waals surface area (Å²) in [6.07, 6.45) is 3.49. The minimum Gasteiger partial charge on any atom is -0.341 e. The van der Waals surface area contributed by atoms with E-state index in [-0.39, 0.29) is 41.3 Å². The molecular formula is C13H24ClN5O3S. The van der Waals surface area contributed by atoms with Gasteiger partial charge in [-0.1, -0.05) is 13.8 Å². The van der Waals surface area contributed by atoms with E-state index in [4.69, 9.17) is 5.73 Å². The number of carbonyl (C=O) groups excluding carboxylic acids is 1. The number of imidazole rings is 1. The number of likely N-dealkylation sites (tertiary alicyclic amines) is 1. The summed E-state index contributed by atoms with van der Waals surface area (Å²) >= 11 is 0. The molecule has 1 fully saturated rings. The fourth-order valence-electron chi connectivity index (χ4n) is 2.46. The highest BCUT2D eigenvalue weighted by molar-refractivity contribution is 7.89. The number of amides is 1. The van der Waals surface area contributed by atoms with Gasteiger partial charge in [-0.25, -0.2) is 18.1 Å². The molecule has 3 N–H and O–H groups in total. The molecule has 0 saturated carbocycles. The third-order valence-corrected chi connectivity index (χ3v) is 5.32. The third-order valence-electron chi connectivity index (χ3n) is 4.03. The molecule has 8 nitrogen and oxygen atoms in total. The Morgan fingerprint density at radius 1 is 1.52 bits per heavy atom. The van der Waals surface area contributed by atoms with Crippen LogP contribution in [0, 0.1) is 5.41 Å². The fourth-order valence-corrected chi connectivity index (χ4v) is 3.41. The summed E-state index contributed by atoms with van der Waals surface area (Å²) in [5.41, 5.74) is 5.86. The van der Waals surface area contributed by atoms with Crippen molar-refractivity contribution in [3.8, 4) is 0 Å².